The Kier molecular flexibility index (Phi) is 5.80. The Morgan fingerprint density at radius 1 is 1.50 bits per heavy atom. The van der Waals surface area contributed by atoms with E-state index >= 15 is 0 Å². The molecule has 0 radical (unpaired) electrons. The van der Waals surface area contributed by atoms with Crippen molar-refractivity contribution in [3.05, 3.63) is 23.9 Å². The van der Waals surface area contributed by atoms with Crippen molar-refractivity contribution in [3.8, 4) is 0 Å². The van der Waals surface area contributed by atoms with Crippen LogP contribution in [0.25, 0.3) is 0 Å². The maximum absolute atomic E-state index is 12.0. The Morgan fingerprint density at radius 2 is 2.40 bits per heavy atom. The SMILES string of the molecule is CCCNc1ccc(C(=O)NCC2CCCOC2)cn1. The summed E-state index contributed by atoms with van der Waals surface area (Å²) in [6, 6.07) is 3.64. The number of anilines is 1. The normalized spacial score (nSPS) is 18.6. The van der Waals surface area contributed by atoms with Crippen LogP contribution in [0, 0.1) is 5.92 Å². The second-order valence-corrected chi connectivity index (χ2v) is 5.15. The van der Waals surface area contributed by atoms with Crippen molar-refractivity contribution in [1.29, 1.82) is 0 Å². The third-order valence-corrected chi connectivity index (χ3v) is 3.39. The molecule has 2 rings (SSSR count). The minimum Gasteiger partial charge on any atom is -0.381 e. The molecule has 1 aliphatic heterocycles. The number of nitrogens with one attached hydrogen (secondary N) is 2. The number of aromatic nitrogens is 1. The fourth-order valence-corrected chi connectivity index (χ4v) is 2.19. The van der Waals surface area contributed by atoms with Crippen LogP contribution in [0.3, 0.4) is 0 Å². The van der Waals surface area contributed by atoms with Gasteiger partial charge in [0.25, 0.3) is 5.91 Å². The van der Waals surface area contributed by atoms with E-state index in [1.165, 1.54) is 0 Å². The van der Waals surface area contributed by atoms with Gasteiger partial charge in [-0.3, -0.25) is 4.79 Å². The van der Waals surface area contributed by atoms with Gasteiger partial charge in [0.1, 0.15) is 5.82 Å². The average molecular weight is 277 g/mol. The highest BCUT2D eigenvalue weighted by Gasteiger charge is 2.15. The third-order valence-electron chi connectivity index (χ3n) is 3.39. The molecule has 110 valence electrons. The first-order valence-electron chi connectivity index (χ1n) is 7.35. The third kappa shape index (κ3) is 4.49. The average Bonchev–Trinajstić information content (AvgIpc) is 2.52. The predicted octanol–water partition coefficient (Wildman–Crippen LogP) is 2.06. The number of amides is 1. The van der Waals surface area contributed by atoms with Crippen LogP contribution in [0.5, 0.6) is 0 Å². The highest BCUT2D eigenvalue weighted by molar-refractivity contribution is 5.94. The summed E-state index contributed by atoms with van der Waals surface area (Å²) < 4.78 is 5.40. The number of ether oxygens (including phenoxy) is 1. The van der Waals surface area contributed by atoms with E-state index in [-0.39, 0.29) is 5.91 Å². The molecule has 1 aromatic rings. The van der Waals surface area contributed by atoms with Crippen LogP contribution in [-0.4, -0.2) is 37.2 Å². The summed E-state index contributed by atoms with van der Waals surface area (Å²) in [5, 5.41) is 6.14. The summed E-state index contributed by atoms with van der Waals surface area (Å²) in [5.74, 6) is 1.18. The van der Waals surface area contributed by atoms with Crippen molar-refractivity contribution in [2.75, 3.05) is 31.6 Å². The maximum Gasteiger partial charge on any atom is 0.252 e. The molecule has 1 saturated heterocycles. The van der Waals surface area contributed by atoms with Gasteiger partial charge in [-0.2, -0.15) is 0 Å². The molecular formula is C15H23N3O2. The zero-order valence-corrected chi connectivity index (χ0v) is 12.0. The molecule has 0 aliphatic carbocycles. The standard InChI is InChI=1S/C15H23N3O2/c1-2-7-16-14-6-5-13(10-17-14)15(19)18-9-12-4-3-8-20-11-12/h5-6,10,12H,2-4,7-9,11H2,1H3,(H,16,17)(H,18,19). The molecule has 2 heterocycles. The van der Waals surface area contributed by atoms with Gasteiger partial charge in [0, 0.05) is 25.9 Å². The fraction of sp³-hybridized carbons (Fsp3) is 0.600. The largest absolute Gasteiger partial charge is 0.381 e. The molecular weight excluding hydrogens is 254 g/mol. The first-order valence-corrected chi connectivity index (χ1v) is 7.35. The topological polar surface area (TPSA) is 63.2 Å². The van der Waals surface area contributed by atoms with Crippen LogP contribution >= 0.6 is 0 Å². The Bertz CT molecular complexity index is 414. The maximum atomic E-state index is 12.0. The van der Waals surface area contributed by atoms with Crippen LogP contribution in [0.2, 0.25) is 0 Å². The molecule has 1 aromatic heterocycles. The Balaban J connectivity index is 1.79. The predicted molar refractivity (Wildman–Crippen MR) is 78.9 cm³/mol. The van der Waals surface area contributed by atoms with E-state index in [1.54, 1.807) is 12.3 Å². The summed E-state index contributed by atoms with van der Waals surface area (Å²) in [5.41, 5.74) is 0.601. The van der Waals surface area contributed by atoms with E-state index in [4.69, 9.17) is 4.74 Å². The lowest BCUT2D eigenvalue weighted by atomic mass is 10.0. The first kappa shape index (κ1) is 14.8. The van der Waals surface area contributed by atoms with Crippen LogP contribution in [-0.2, 0) is 4.74 Å². The molecule has 0 aromatic carbocycles. The van der Waals surface area contributed by atoms with Crippen LogP contribution in [0.4, 0.5) is 5.82 Å². The minimum absolute atomic E-state index is 0.0647. The lowest BCUT2D eigenvalue weighted by Gasteiger charge is -2.22. The Labute approximate surface area is 120 Å². The van der Waals surface area contributed by atoms with Gasteiger partial charge >= 0.3 is 0 Å². The van der Waals surface area contributed by atoms with E-state index in [1.807, 2.05) is 6.07 Å². The van der Waals surface area contributed by atoms with Gasteiger partial charge < -0.3 is 15.4 Å². The van der Waals surface area contributed by atoms with Crippen molar-refractivity contribution in [1.82, 2.24) is 10.3 Å². The molecule has 1 fully saturated rings. The molecule has 1 aliphatic rings. The molecule has 1 amide bonds. The summed E-state index contributed by atoms with van der Waals surface area (Å²) in [6.07, 6.45) is 4.87. The number of hydrogen-bond acceptors (Lipinski definition) is 4. The molecule has 20 heavy (non-hydrogen) atoms. The fourth-order valence-electron chi connectivity index (χ4n) is 2.19. The van der Waals surface area contributed by atoms with Gasteiger partial charge in [-0.25, -0.2) is 4.98 Å². The first-order chi connectivity index (χ1) is 9.79. The number of rotatable bonds is 6. The molecule has 1 atom stereocenters. The van der Waals surface area contributed by atoms with Crippen LogP contribution < -0.4 is 10.6 Å². The van der Waals surface area contributed by atoms with E-state index in [0.717, 1.165) is 44.8 Å². The summed E-state index contributed by atoms with van der Waals surface area (Å²) in [6.45, 7) is 5.26. The van der Waals surface area contributed by atoms with Crippen molar-refractivity contribution < 1.29 is 9.53 Å². The van der Waals surface area contributed by atoms with Gasteiger partial charge in [-0.05, 0) is 37.3 Å². The monoisotopic (exact) mass is 277 g/mol. The Morgan fingerprint density at radius 3 is 3.05 bits per heavy atom. The van der Waals surface area contributed by atoms with E-state index in [0.29, 0.717) is 18.0 Å². The van der Waals surface area contributed by atoms with Crippen LogP contribution in [0.1, 0.15) is 36.5 Å². The molecule has 5 nitrogen and oxygen atoms in total. The number of nitrogens with zero attached hydrogens (tertiary/aromatic N) is 1. The number of hydrogen-bond donors (Lipinski definition) is 2. The van der Waals surface area contributed by atoms with Crippen molar-refractivity contribution in [2.24, 2.45) is 5.92 Å². The van der Waals surface area contributed by atoms with E-state index in [9.17, 15) is 4.79 Å². The molecule has 0 saturated carbocycles. The summed E-state index contributed by atoms with van der Waals surface area (Å²) in [4.78, 5) is 16.2. The lowest BCUT2D eigenvalue weighted by Crippen LogP contribution is -2.33. The zero-order chi connectivity index (χ0) is 14.2. The molecule has 0 bridgehead atoms. The highest BCUT2D eigenvalue weighted by atomic mass is 16.5. The molecule has 5 heteroatoms. The number of carbonyl (C=O) groups excluding carboxylic acids is 1. The number of carbonyl (C=O) groups is 1. The number of pyridine rings is 1. The van der Waals surface area contributed by atoms with E-state index < -0.39 is 0 Å². The second kappa shape index (κ2) is 7.85. The smallest absolute Gasteiger partial charge is 0.252 e. The minimum atomic E-state index is -0.0647. The molecule has 2 N–H and O–H groups in total. The molecule has 0 spiro atoms. The van der Waals surface area contributed by atoms with Gasteiger partial charge in [0.2, 0.25) is 0 Å². The van der Waals surface area contributed by atoms with Crippen molar-refractivity contribution in [2.45, 2.75) is 26.2 Å². The summed E-state index contributed by atoms with van der Waals surface area (Å²) in [7, 11) is 0. The lowest BCUT2D eigenvalue weighted by molar-refractivity contribution is 0.0536. The van der Waals surface area contributed by atoms with E-state index in [2.05, 4.69) is 22.5 Å². The molecule has 1 unspecified atom stereocenters. The Hall–Kier alpha value is -1.62. The van der Waals surface area contributed by atoms with Gasteiger partial charge in [-0.1, -0.05) is 6.92 Å². The van der Waals surface area contributed by atoms with Crippen molar-refractivity contribution >= 4 is 11.7 Å². The quantitative estimate of drug-likeness (QED) is 0.835. The second-order valence-electron chi connectivity index (χ2n) is 5.15. The highest BCUT2D eigenvalue weighted by Crippen LogP contribution is 2.12. The van der Waals surface area contributed by atoms with Gasteiger partial charge in [0.15, 0.2) is 0 Å². The van der Waals surface area contributed by atoms with Crippen molar-refractivity contribution in [3.63, 3.8) is 0 Å². The van der Waals surface area contributed by atoms with Gasteiger partial charge in [0.05, 0.1) is 12.2 Å². The zero-order valence-electron chi connectivity index (χ0n) is 12.0. The van der Waals surface area contributed by atoms with Crippen LogP contribution in [0.15, 0.2) is 18.3 Å². The van der Waals surface area contributed by atoms with Gasteiger partial charge in [-0.15, -0.1) is 0 Å². The summed E-state index contributed by atoms with van der Waals surface area (Å²) >= 11 is 0.